The number of benzene rings is 1. The van der Waals surface area contributed by atoms with Crippen LogP contribution >= 0.6 is 15.9 Å². The smallest absolute Gasteiger partial charge is 0.237 e. The highest BCUT2D eigenvalue weighted by Gasteiger charge is 2.38. The summed E-state index contributed by atoms with van der Waals surface area (Å²) >= 11 is 3.35. The second kappa shape index (κ2) is 4.83. The molecular formula is C11H11BrN2O3. The van der Waals surface area contributed by atoms with Crippen molar-refractivity contribution in [3.63, 3.8) is 0 Å². The second-order valence-corrected chi connectivity index (χ2v) is 4.81. The fourth-order valence-corrected chi connectivity index (χ4v) is 2.56. The van der Waals surface area contributed by atoms with E-state index in [1.165, 1.54) is 0 Å². The number of hydrogen-bond donors (Lipinski definition) is 1. The zero-order valence-electron chi connectivity index (χ0n) is 8.93. The van der Waals surface area contributed by atoms with Crippen LogP contribution in [-0.2, 0) is 4.79 Å². The standard InChI is InChI=1S/C11H11BrN2O3/c12-8-4-2-1-3-7(8)11-9(14(16)17)5-6-10(15)13-11/h1-4,9,11H,5-6H2,(H,13,15)/t9-,11+/m1/s1. The maximum Gasteiger partial charge on any atom is 0.237 e. The fraction of sp³-hybridized carbons (Fsp3) is 0.364. The Kier molecular flexibility index (Phi) is 3.42. The summed E-state index contributed by atoms with van der Waals surface area (Å²) in [5.74, 6) is -0.135. The minimum Gasteiger partial charge on any atom is -0.343 e. The largest absolute Gasteiger partial charge is 0.343 e. The molecule has 1 heterocycles. The van der Waals surface area contributed by atoms with Crippen molar-refractivity contribution in [3.05, 3.63) is 44.4 Å². The van der Waals surface area contributed by atoms with E-state index in [1.807, 2.05) is 12.1 Å². The molecule has 6 heteroatoms. The van der Waals surface area contributed by atoms with Crippen molar-refractivity contribution in [1.82, 2.24) is 5.32 Å². The Labute approximate surface area is 106 Å². The third-order valence-electron chi connectivity index (χ3n) is 2.88. The number of hydrogen-bond acceptors (Lipinski definition) is 3. The van der Waals surface area contributed by atoms with Crippen LogP contribution in [0.25, 0.3) is 0 Å². The Morgan fingerprint density at radius 1 is 1.41 bits per heavy atom. The van der Waals surface area contributed by atoms with E-state index < -0.39 is 12.1 Å². The van der Waals surface area contributed by atoms with E-state index in [0.29, 0.717) is 0 Å². The van der Waals surface area contributed by atoms with E-state index in [4.69, 9.17) is 0 Å². The molecule has 1 amide bonds. The lowest BCUT2D eigenvalue weighted by molar-refractivity contribution is -0.529. The Hall–Kier alpha value is -1.43. The molecule has 0 bridgehead atoms. The molecule has 1 N–H and O–H groups in total. The van der Waals surface area contributed by atoms with E-state index >= 15 is 0 Å². The van der Waals surface area contributed by atoms with Gasteiger partial charge in [-0.05, 0) is 11.6 Å². The molecule has 17 heavy (non-hydrogen) atoms. The van der Waals surface area contributed by atoms with Gasteiger partial charge < -0.3 is 5.32 Å². The van der Waals surface area contributed by atoms with Gasteiger partial charge in [-0.15, -0.1) is 0 Å². The number of halogens is 1. The topological polar surface area (TPSA) is 72.2 Å². The van der Waals surface area contributed by atoms with E-state index in [1.54, 1.807) is 12.1 Å². The van der Waals surface area contributed by atoms with Crippen molar-refractivity contribution in [1.29, 1.82) is 0 Å². The van der Waals surface area contributed by atoms with Gasteiger partial charge >= 0.3 is 0 Å². The summed E-state index contributed by atoms with van der Waals surface area (Å²) in [6.07, 6.45) is 0.497. The molecule has 0 spiro atoms. The van der Waals surface area contributed by atoms with E-state index in [2.05, 4.69) is 21.2 Å². The Balaban J connectivity index is 2.35. The maximum absolute atomic E-state index is 11.4. The third-order valence-corrected chi connectivity index (χ3v) is 3.60. The molecule has 0 unspecified atom stereocenters. The number of amides is 1. The molecule has 0 aromatic heterocycles. The molecule has 0 saturated carbocycles. The van der Waals surface area contributed by atoms with Crippen LogP contribution in [0.1, 0.15) is 24.4 Å². The van der Waals surface area contributed by atoms with Gasteiger partial charge in [-0.1, -0.05) is 34.1 Å². The molecule has 5 nitrogen and oxygen atoms in total. The molecule has 1 saturated heterocycles. The first-order valence-corrected chi connectivity index (χ1v) is 6.06. The van der Waals surface area contributed by atoms with Crippen molar-refractivity contribution >= 4 is 21.8 Å². The van der Waals surface area contributed by atoms with Gasteiger partial charge in [0.1, 0.15) is 6.04 Å². The SMILES string of the molecule is O=C1CC[C@@H]([N+](=O)[O-])[C@H](c2ccccc2Br)N1. The predicted molar refractivity (Wildman–Crippen MR) is 65.0 cm³/mol. The molecule has 2 atom stereocenters. The van der Waals surface area contributed by atoms with Gasteiger partial charge in [-0.2, -0.15) is 0 Å². The summed E-state index contributed by atoms with van der Waals surface area (Å²) < 4.78 is 0.777. The fourth-order valence-electron chi connectivity index (χ4n) is 2.03. The van der Waals surface area contributed by atoms with Gasteiger partial charge in [0.15, 0.2) is 0 Å². The summed E-state index contributed by atoms with van der Waals surface area (Å²) in [4.78, 5) is 22.1. The first-order chi connectivity index (χ1) is 8.09. The van der Waals surface area contributed by atoms with E-state index in [-0.39, 0.29) is 23.7 Å². The summed E-state index contributed by atoms with van der Waals surface area (Å²) in [7, 11) is 0. The van der Waals surface area contributed by atoms with E-state index in [0.717, 1.165) is 10.0 Å². The number of nitrogens with zero attached hydrogens (tertiary/aromatic N) is 1. The van der Waals surface area contributed by atoms with Crippen molar-refractivity contribution in [2.24, 2.45) is 0 Å². The van der Waals surface area contributed by atoms with E-state index in [9.17, 15) is 14.9 Å². The number of piperidine rings is 1. The third kappa shape index (κ3) is 2.46. The quantitative estimate of drug-likeness (QED) is 0.671. The lowest BCUT2D eigenvalue weighted by Gasteiger charge is -2.27. The van der Waals surface area contributed by atoms with Crippen LogP contribution in [0.3, 0.4) is 0 Å². The zero-order valence-corrected chi connectivity index (χ0v) is 10.5. The van der Waals surface area contributed by atoms with Crippen molar-refractivity contribution in [2.75, 3.05) is 0 Å². The van der Waals surface area contributed by atoms with Crippen LogP contribution in [0.15, 0.2) is 28.7 Å². The van der Waals surface area contributed by atoms with Crippen LogP contribution in [0, 0.1) is 10.1 Å². The van der Waals surface area contributed by atoms with Crippen LogP contribution in [0.5, 0.6) is 0 Å². The van der Waals surface area contributed by atoms with Crippen LogP contribution in [-0.4, -0.2) is 16.9 Å². The molecule has 2 rings (SSSR count). The average molecular weight is 299 g/mol. The van der Waals surface area contributed by atoms with Gasteiger partial charge in [0.05, 0.1) is 0 Å². The molecule has 1 aromatic rings. The Bertz CT molecular complexity index is 464. The highest BCUT2D eigenvalue weighted by atomic mass is 79.9. The van der Waals surface area contributed by atoms with Gasteiger partial charge in [-0.3, -0.25) is 14.9 Å². The molecule has 1 aromatic carbocycles. The summed E-state index contributed by atoms with van der Waals surface area (Å²) in [6, 6.07) is 5.93. The van der Waals surface area contributed by atoms with Gasteiger partial charge in [0.25, 0.3) is 0 Å². The normalized spacial score (nSPS) is 24.2. The number of nitrogens with one attached hydrogen (secondary N) is 1. The molecule has 1 aliphatic heterocycles. The first kappa shape index (κ1) is 12.0. The summed E-state index contributed by atoms with van der Waals surface area (Å²) in [5, 5.41) is 13.7. The highest BCUT2D eigenvalue weighted by Crippen LogP contribution is 2.30. The molecule has 0 radical (unpaired) electrons. The van der Waals surface area contributed by atoms with Crippen LogP contribution in [0.2, 0.25) is 0 Å². The maximum atomic E-state index is 11.4. The minimum atomic E-state index is -0.758. The molecule has 0 aliphatic carbocycles. The number of rotatable bonds is 2. The van der Waals surface area contributed by atoms with Gasteiger partial charge in [0, 0.05) is 22.2 Å². The monoisotopic (exact) mass is 298 g/mol. The second-order valence-electron chi connectivity index (χ2n) is 3.96. The molecular weight excluding hydrogens is 288 g/mol. The summed E-state index contributed by atoms with van der Waals surface area (Å²) in [6.45, 7) is 0. The highest BCUT2D eigenvalue weighted by molar-refractivity contribution is 9.10. The van der Waals surface area contributed by atoms with Crippen molar-refractivity contribution < 1.29 is 9.72 Å². The molecule has 90 valence electrons. The summed E-state index contributed by atoms with van der Waals surface area (Å²) in [5.41, 5.74) is 0.752. The lowest BCUT2D eigenvalue weighted by atomic mass is 9.92. The Morgan fingerprint density at radius 2 is 2.12 bits per heavy atom. The number of carbonyl (C=O) groups is 1. The van der Waals surface area contributed by atoms with Gasteiger partial charge in [0.2, 0.25) is 11.9 Å². The molecule has 1 fully saturated rings. The minimum absolute atomic E-state index is 0.135. The van der Waals surface area contributed by atoms with Gasteiger partial charge in [-0.25, -0.2) is 0 Å². The molecule has 1 aliphatic rings. The number of nitro groups is 1. The number of carbonyl (C=O) groups excluding carboxylic acids is 1. The average Bonchev–Trinajstić information content (AvgIpc) is 2.29. The van der Waals surface area contributed by atoms with Crippen molar-refractivity contribution in [2.45, 2.75) is 24.9 Å². The lowest BCUT2D eigenvalue weighted by Crippen LogP contribution is -2.45. The first-order valence-electron chi connectivity index (χ1n) is 5.27. The van der Waals surface area contributed by atoms with Crippen LogP contribution < -0.4 is 5.32 Å². The van der Waals surface area contributed by atoms with Crippen molar-refractivity contribution in [3.8, 4) is 0 Å². The predicted octanol–water partition coefficient (Wildman–Crippen LogP) is 2.05. The Morgan fingerprint density at radius 3 is 2.76 bits per heavy atom. The zero-order chi connectivity index (χ0) is 12.4. The van der Waals surface area contributed by atoms with Crippen LogP contribution in [0.4, 0.5) is 0 Å².